The van der Waals surface area contributed by atoms with E-state index in [-0.39, 0.29) is 5.43 Å². The molecule has 0 unspecified atom stereocenters. The lowest BCUT2D eigenvalue weighted by atomic mass is 10.1. The summed E-state index contributed by atoms with van der Waals surface area (Å²) in [6.45, 7) is 0.830. The Morgan fingerprint density at radius 2 is 1.79 bits per heavy atom. The monoisotopic (exact) mass is 326 g/mol. The lowest BCUT2D eigenvalue weighted by Gasteiger charge is -2.12. The van der Waals surface area contributed by atoms with Gasteiger partial charge in [-0.1, -0.05) is 30.3 Å². The van der Waals surface area contributed by atoms with Gasteiger partial charge in [0.05, 0.1) is 19.1 Å². The quantitative estimate of drug-likeness (QED) is 0.649. The molecule has 0 aliphatic rings. The summed E-state index contributed by atoms with van der Waals surface area (Å²) in [5.74, 6) is 1.40. The Labute approximate surface area is 139 Å². The van der Waals surface area contributed by atoms with Crippen LogP contribution >= 0.6 is 0 Å². The molecule has 3 aromatic rings. The fourth-order valence-electron chi connectivity index (χ4n) is 2.46. The Morgan fingerprint density at radius 1 is 1.00 bits per heavy atom. The fraction of sp³-hybridized carbons (Fsp3) is 0.211. The predicted molar refractivity (Wildman–Crippen MR) is 91.8 cm³/mol. The maximum atomic E-state index is 12.4. The van der Waals surface area contributed by atoms with Crippen LogP contribution in [0.2, 0.25) is 0 Å². The second-order valence-corrected chi connectivity index (χ2v) is 5.16. The van der Waals surface area contributed by atoms with Crippen molar-refractivity contribution in [3.05, 3.63) is 58.8 Å². The van der Waals surface area contributed by atoms with Crippen LogP contribution in [0.15, 0.2) is 57.7 Å². The van der Waals surface area contributed by atoms with Gasteiger partial charge in [0, 0.05) is 18.7 Å². The van der Waals surface area contributed by atoms with Crippen molar-refractivity contribution >= 4 is 11.0 Å². The van der Waals surface area contributed by atoms with E-state index >= 15 is 0 Å². The van der Waals surface area contributed by atoms with E-state index in [1.807, 2.05) is 30.3 Å². The van der Waals surface area contributed by atoms with Crippen molar-refractivity contribution in [3.63, 3.8) is 0 Å². The smallest absolute Gasteiger partial charge is 0.204 e. The van der Waals surface area contributed by atoms with Crippen molar-refractivity contribution < 1.29 is 18.6 Å². The Morgan fingerprint density at radius 3 is 2.50 bits per heavy atom. The van der Waals surface area contributed by atoms with E-state index in [9.17, 15) is 4.79 Å². The average Bonchev–Trinajstić information content (AvgIpc) is 2.62. The molecular formula is C19H18O5. The van der Waals surface area contributed by atoms with Crippen molar-refractivity contribution in [1.29, 1.82) is 0 Å². The van der Waals surface area contributed by atoms with E-state index < -0.39 is 0 Å². The molecule has 24 heavy (non-hydrogen) atoms. The summed E-state index contributed by atoms with van der Waals surface area (Å²) >= 11 is 0. The van der Waals surface area contributed by atoms with E-state index in [2.05, 4.69) is 0 Å². The fourth-order valence-corrected chi connectivity index (χ4v) is 2.46. The van der Waals surface area contributed by atoms with Crippen LogP contribution in [-0.2, 0) is 4.74 Å². The summed E-state index contributed by atoms with van der Waals surface area (Å²) in [4.78, 5) is 12.4. The number of rotatable bonds is 6. The normalized spacial score (nSPS) is 10.8. The summed E-state index contributed by atoms with van der Waals surface area (Å²) in [6, 6.07) is 14.3. The molecule has 2 aromatic carbocycles. The molecule has 1 aromatic heterocycles. The van der Waals surface area contributed by atoms with Gasteiger partial charge in [-0.15, -0.1) is 0 Å². The molecule has 0 saturated carbocycles. The lowest BCUT2D eigenvalue weighted by molar-refractivity contribution is 0.144. The third kappa shape index (κ3) is 3.12. The van der Waals surface area contributed by atoms with E-state index in [1.54, 1.807) is 19.2 Å². The van der Waals surface area contributed by atoms with Gasteiger partial charge in [0.25, 0.3) is 0 Å². The molecule has 0 saturated heterocycles. The first kappa shape index (κ1) is 16.1. The van der Waals surface area contributed by atoms with Crippen LogP contribution in [0.3, 0.4) is 0 Å². The van der Waals surface area contributed by atoms with Gasteiger partial charge in [-0.05, 0) is 12.1 Å². The zero-order valence-corrected chi connectivity index (χ0v) is 13.6. The third-order valence-corrected chi connectivity index (χ3v) is 3.62. The van der Waals surface area contributed by atoms with Gasteiger partial charge in [0.1, 0.15) is 12.4 Å². The first-order valence-electron chi connectivity index (χ1n) is 7.56. The van der Waals surface area contributed by atoms with E-state index in [0.29, 0.717) is 41.4 Å². The average molecular weight is 326 g/mol. The number of hydrogen-bond acceptors (Lipinski definition) is 5. The van der Waals surface area contributed by atoms with Gasteiger partial charge in [-0.25, -0.2) is 0 Å². The molecule has 5 heteroatoms. The first-order chi connectivity index (χ1) is 11.7. The number of benzene rings is 2. The van der Waals surface area contributed by atoms with E-state index in [0.717, 1.165) is 5.56 Å². The molecular weight excluding hydrogens is 308 g/mol. The number of fused-ring (bicyclic) bond motifs is 1. The van der Waals surface area contributed by atoms with E-state index in [1.165, 1.54) is 13.2 Å². The molecule has 0 amide bonds. The SMILES string of the molecule is COCCOc1ccc2c(=O)cc(-c3ccccc3)oc2c1OC. The Balaban J connectivity index is 2.14. The van der Waals surface area contributed by atoms with Crippen LogP contribution in [0.1, 0.15) is 0 Å². The maximum absolute atomic E-state index is 12.4. The van der Waals surface area contributed by atoms with Crippen LogP contribution < -0.4 is 14.9 Å². The topological polar surface area (TPSA) is 57.9 Å². The van der Waals surface area contributed by atoms with Crippen LogP contribution in [0.25, 0.3) is 22.3 Å². The second kappa shape index (κ2) is 7.19. The van der Waals surface area contributed by atoms with Crippen LogP contribution in [0.4, 0.5) is 0 Å². The summed E-state index contributed by atoms with van der Waals surface area (Å²) in [6.07, 6.45) is 0. The zero-order valence-electron chi connectivity index (χ0n) is 13.6. The second-order valence-electron chi connectivity index (χ2n) is 5.16. The first-order valence-corrected chi connectivity index (χ1v) is 7.56. The third-order valence-electron chi connectivity index (χ3n) is 3.62. The lowest BCUT2D eigenvalue weighted by Crippen LogP contribution is -2.07. The summed E-state index contributed by atoms with van der Waals surface area (Å²) < 4.78 is 22.0. The van der Waals surface area contributed by atoms with Gasteiger partial charge >= 0.3 is 0 Å². The molecule has 0 aliphatic carbocycles. The van der Waals surface area contributed by atoms with Gasteiger partial charge in [0.2, 0.25) is 5.75 Å². The Kier molecular flexibility index (Phi) is 4.82. The summed E-state index contributed by atoms with van der Waals surface area (Å²) in [5.41, 5.74) is 1.07. The predicted octanol–water partition coefficient (Wildman–Crippen LogP) is 3.49. The highest BCUT2D eigenvalue weighted by atomic mass is 16.5. The molecule has 0 aliphatic heterocycles. The molecule has 5 nitrogen and oxygen atoms in total. The Hall–Kier alpha value is -2.79. The largest absolute Gasteiger partial charge is 0.490 e. The number of hydrogen-bond donors (Lipinski definition) is 0. The van der Waals surface area contributed by atoms with Crippen LogP contribution in [0.5, 0.6) is 11.5 Å². The van der Waals surface area contributed by atoms with Gasteiger partial charge in [-0.2, -0.15) is 0 Å². The highest BCUT2D eigenvalue weighted by Crippen LogP contribution is 2.36. The molecule has 0 atom stereocenters. The van der Waals surface area contributed by atoms with Crippen molar-refractivity contribution in [3.8, 4) is 22.8 Å². The molecule has 0 spiro atoms. The Bertz CT molecular complexity index is 883. The van der Waals surface area contributed by atoms with Gasteiger partial charge in [0.15, 0.2) is 16.8 Å². The number of ether oxygens (including phenoxy) is 3. The molecule has 0 fully saturated rings. The minimum absolute atomic E-state index is 0.128. The van der Waals surface area contributed by atoms with Crippen molar-refractivity contribution in [1.82, 2.24) is 0 Å². The van der Waals surface area contributed by atoms with Crippen molar-refractivity contribution in [2.45, 2.75) is 0 Å². The van der Waals surface area contributed by atoms with Crippen LogP contribution in [0, 0.1) is 0 Å². The van der Waals surface area contributed by atoms with Crippen LogP contribution in [-0.4, -0.2) is 27.4 Å². The molecule has 0 radical (unpaired) electrons. The zero-order chi connectivity index (χ0) is 16.9. The van der Waals surface area contributed by atoms with Crippen molar-refractivity contribution in [2.24, 2.45) is 0 Å². The molecule has 0 N–H and O–H groups in total. The molecule has 124 valence electrons. The minimum atomic E-state index is -0.128. The van der Waals surface area contributed by atoms with Gasteiger partial charge in [-0.3, -0.25) is 4.79 Å². The minimum Gasteiger partial charge on any atom is -0.490 e. The standard InChI is InChI=1S/C19H18O5/c1-21-10-11-23-16-9-8-14-15(20)12-17(13-6-4-3-5-7-13)24-18(14)19(16)22-2/h3-9,12H,10-11H2,1-2H3. The maximum Gasteiger partial charge on any atom is 0.204 e. The highest BCUT2D eigenvalue weighted by molar-refractivity contribution is 5.86. The molecule has 1 heterocycles. The summed E-state index contributed by atoms with van der Waals surface area (Å²) in [7, 11) is 3.12. The number of methoxy groups -OCH3 is 2. The van der Waals surface area contributed by atoms with Gasteiger partial charge < -0.3 is 18.6 Å². The molecule has 0 bridgehead atoms. The highest BCUT2D eigenvalue weighted by Gasteiger charge is 2.16. The van der Waals surface area contributed by atoms with E-state index in [4.69, 9.17) is 18.6 Å². The van der Waals surface area contributed by atoms with Crippen molar-refractivity contribution in [2.75, 3.05) is 27.4 Å². The molecule has 3 rings (SSSR count). The summed E-state index contributed by atoms with van der Waals surface area (Å²) in [5, 5.41) is 0.450.